The standard InChI is InChI=1S/C27H38N4O5/c1-20(2)9-10-28-26(33)22-18-30(17-21-7-5-6-8-24(21)36-4)19-23(25(22)32)27(34)31-13-11-29(12-14-31)15-16-35-3/h5-8,18-20H,9-17H2,1-4H3,(H,28,33). The number of ether oxygens (including phenoxy) is 2. The van der Waals surface area contributed by atoms with Gasteiger partial charge in [0.05, 0.1) is 20.3 Å². The molecule has 0 atom stereocenters. The van der Waals surface area contributed by atoms with E-state index in [1.54, 1.807) is 29.9 Å². The van der Waals surface area contributed by atoms with Gasteiger partial charge in [-0.1, -0.05) is 32.0 Å². The molecule has 2 heterocycles. The Morgan fingerprint density at radius 2 is 1.72 bits per heavy atom. The van der Waals surface area contributed by atoms with Gasteiger partial charge in [-0.15, -0.1) is 0 Å². The topological polar surface area (TPSA) is 93.1 Å². The number of piperazine rings is 1. The van der Waals surface area contributed by atoms with E-state index in [-0.39, 0.29) is 17.0 Å². The molecular weight excluding hydrogens is 460 g/mol. The van der Waals surface area contributed by atoms with E-state index < -0.39 is 11.3 Å². The summed E-state index contributed by atoms with van der Waals surface area (Å²) in [5.74, 6) is 0.299. The second-order valence-electron chi connectivity index (χ2n) is 9.46. The Morgan fingerprint density at radius 1 is 1.03 bits per heavy atom. The van der Waals surface area contributed by atoms with Crippen LogP contribution in [0.15, 0.2) is 41.5 Å². The van der Waals surface area contributed by atoms with Gasteiger partial charge in [0.1, 0.15) is 16.9 Å². The molecule has 36 heavy (non-hydrogen) atoms. The molecular formula is C27H38N4O5. The molecule has 2 amide bonds. The molecule has 1 fully saturated rings. The summed E-state index contributed by atoms with van der Waals surface area (Å²) in [5, 5.41) is 2.84. The molecule has 0 unspecified atom stereocenters. The highest BCUT2D eigenvalue weighted by Gasteiger charge is 2.26. The van der Waals surface area contributed by atoms with Crippen molar-refractivity contribution in [3.63, 3.8) is 0 Å². The molecule has 0 aliphatic carbocycles. The van der Waals surface area contributed by atoms with Crippen LogP contribution in [0.5, 0.6) is 5.75 Å². The van der Waals surface area contributed by atoms with Crippen LogP contribution in [0.1, 0.15) is 46.5 Å². The van der Waals surface area contributed by atoms with Crippen molar-refractivity contribution < 1.29 is 19.1 Å². The summed E-state index contributed by atoms with van der Waals surface area (Å²) in [5.41, 5.74) is 0.310. The predicted molar refractivity (Wildman–Crippen MR) is 139 cm³/mol. The molecule has 2 aromatic rings. The van der Waals surface area contributed by atoms with Gasteiger partial charge >= 0.3 is 0 Å². The lowest BCUT2D eigenvalue weighted by molar-refractivity contribution is 0.0592. The number of nitrogens with zero attached hydrogens (tertiary/aromatic N) is 3. The van der Waals surface area contributed by atoms with Crippen LogP contribution in [-0.4, -0.2) is 86.3 Å². The third-order valence-corrected chi connectivity index (χ3v) is 6.38. The third-order valence-electron chi connectivity index (χ3n) is 6.38. The highest BCUT2D eigenvalue weighted by Crippen LogP contribution is 2.19. The number of hydrogen-bond donors (Lipinski definition) is 1. The number of rotatable bonds is 11. The quantitative estimate of drug-likeness (QED) is 0.510. The first-order chi connectivity index (χ1) is 17.3. The lowest BCUT2D eigenvalue weighted by atomic mass is 10.1. The molecule has 1 aromatic carbocycles. The summed E-state index contributed by atoms with van der Waals surface area (Å²) in [6.07, 6.45) is 3.88. The van der Waals surface area contributed by atoms with Crippen molar-refractivity contribution in [1.29, 1.82) is 0 Å². The van der Waals surface area contributed by atoms with Crippen LogP contribution in [0, 0.1) is 5.92 Å². The zero-order chi connectivity index (χ0) is 26.1. The van der Waals surface area contributed by atoms with E-state index in [0.29, 0.717) is 57.5 Å². The fourth-order valence-electron chi connectivity index (χ4n) is 4.20. The fourth-order valence-corrected chi connectivity index (χ4v) is 4.20. The number of carbonyl (C=O) groups excluding carboxylic acids is 2. The van der Waals surface area contributed by atoms with Crippen LogP contribution in [0.2, 0.25) is 0 Å². The normalized spacial score (nSPS) is 14.2. The van der Waals surface area contributed by atoms with Crippen molar-refractivity contribution in [3.05, 3.63) is 63.6 Å². The highest BCUT2D eigenvalue weighted by atomic mass is 16.5. The molecule has 9 heteroatoms. The Labute approximate surface area is 213 Å². The number of pyridine rings is 1. The molecule has 1 N–H and O–H groups in total. The van der Waals surface area contributed by atoms with E-state index in [2.05, 4.69) is 24.1 Å². The van der Waals surface area contributed by atoms with Crippen LogP contribution in [0.4, 0.5) is 0 Å². The number of para-hydroxylation sites is 1. The molecule has 1 aliphatic rings. The monoisotopic (exact) mass is 498 g/mol. The van der Waals surface area contributed by atoms with Crippen molar-refractivity contribution >= 4 is 11.8 Å². The largest absolute Gasteiger partial charge is 0.496 e. The lowest BCUT2D eigenvalue weighted by Gasteiger charge is -2.34. The van der Waals surface area contributed by atoms with Gasteiger partial charge in [-0.2, -0.15) is 0 Å². The van der Waals surface area contributed by atoms with Crippen molar-refractivity contribution in [2.75, 3.05) is 60.1 Å². The molecule has 1 saturated heterocycles. The van der Waals surface area contributed by atoms with Crippen LogP contribution in [-0.2, 0) is 11.3 Å². The van der Waals surface area contributed by atoms with Gasteiger partial charge in [-0.05, 0) is 18.4 Å². The Bertz CT molecular complexity index is 1090. The Kier molecular flexibility index (Phi) is 10.1. The number of benzene rings is 1. The number of aromatic nitrogens is 1. The first kappa shape index (κ1) is 27.4. The maximum absolute atomic E-state index is 13.5. The molecule has 0 saturated carbocycles. The third kappa shape index (κ3) is 7.18. The van der Waals surface area contributed by atoms with Crippen LogP contribution in [0.3, 0.4) is 0 Å². The Balaban J connectivity index is 1.89. The minimum absolute atomic E-state index is 0.00625. The average Bonchev–Trinajstić information content (AvgIpc) is 2.88. The summed E-state index contributed by atoms with van der Waals surface area (Å²) in [7, 11) is 3.26. The Hall–Kier alpha value is -3.17. The van der Waals surface area contributed by atoms with Gasteiger partial charge in [-0.3, -0.25) is 19.3 Å². The summed E-state index contributed by atoms with van der Waals surface area (Å²) in [4.78, 5) is 43.7. The summed E-state index contributed by atoms with van der Waals surface area (Å²) in [6, 6.07) is 7.55. The second kappa shape index (κ2) is 13.2. The van der Waals surface area contributed by atoms with Crippen molar-refractivity contribution in [1.82, 2.24) is 19.7 Å². The summed E-state index contributed by atoms with van der Waals surface area (Å²) in [6.45, 7) is 8.83. The highest BCUT2D eigenvalue weighted by molar-refractivity contribution is 5.99. The first-order valence-corrected chi connectivity index (χ1v) is 12.5. The van der Waals surface area contributed by atoms with E-state index in [1.807, 2.05) is 24.3 Å². The fraction of sp³-hybridized carbons (Fsp3) is 0.519. The van der Waals surface area contributed by atoms with E-state index >= 15 is 0 Å². The number of carbonyl (C=O) groups is 2. The zero-order valence-electron chi connectivity index (χ0n) is 21.8. The van der Waals surface area contributed by atoms with Crippen molar-refractivity contribution in [2.45, 2.75) is 26.8 Å². The molecule has 1 aromatic heterocycles. The SMILES string of the molecule is COCCN1CCN(C(=O)c2cn(Cc3ccccc3OC)cc(C(=O)NCCC(C)C)c2=O)CC1. The van der Waals surface area contributed by atoms with Crippen LogP contribution in [0.25, 0.3) is 0 Å². The van der Waals surface area contributed by atoms with Gasteiger partial charge < -0.3 is 24.3 Å². The summed E-state index contributed by atoms with van der Waals surface area (Å²) < 4.78 is 12.3. The van der Waals surface area contributed by atoms with Gasteiger partial charge in [0, 0.05) is 64.3 Å². The van der Waals surface area contributed by atoms with E-state index in [0.717, 1.165) is 18.5 Å². The van der Waals surface area contributed by atoms with Gasteiger partial charge in [0.15, 0.2) is 0 Å². The predicted octanol–water partition coefficient (Wildman–Crippen LogP) is 2.09. The van der Waals surface area contributed by atoms with Crippen LogP contribution < -0.4 is 15.5 Å². The molecule has 3 rings (SSSR count). The van der Waals surface area contributed by atoms with E-state index in [9.17, 15) is 14.4 Å². The van der Waals surface area contributed by atoms with Crippen molar-refractivity contribution in [2.24, 2.45) is 5.92 Å². The maximum Gasteiger partial charge on any atom is 0.259 e. The van der Waals surface area contributed by atoms with Gasteiger partial charge in [0.2, 0.25) is 5.43 Å². The zero-order valence-corrected chi connectivity index (χ0v) is 21.8. The van der Waals surface area contributed by atoms with E-state index in [4.69, 9.17) is 9.47 Å². The number of nitrogens with one attached hydrogen (secondary N) is 1. The molecule has 196 valence electrons. The first-order valence-electron chi connectivity index (χ1n) is 12.5. The molecule has 0 radical (unpaired) electrons. The van der Waals surface area contributed by atoms with Crippen molar-refractivity contribution in [3.8, 4) is 5.75 Å². The van der Waals surface area contributed by atoms with E-state index in [1.165, 1.54) is 6.20 Å². The molecule has 9 nitrogen and oxygen atoms in total. The van der Waals surface area contributed by atoms with Gasteiger partial charge in [-0.25, -0.2) is 0 Å². The average molecular weight is 499 g/mol. The van der Waals surface area contributed by atoms with Crippen LogP contribution >= 0.6 is 0 Å². The second-order valence-corrected chi connectivity index (χ2v) is 9.46. The molecule has 1 aliphatic heterocycles. The number of hydrogen-bond acceptors (Lipinski definition) is 6. The lowest BCUT2D eigenvalue weighted by Crippen LogP contribution is -2.50. The number of methoxy groups -OCH3 is 2. The smallest absolute Gasteiger partial charge is 0.259 e. The maximum atomic E-state index is 13.5. The summed E-state index contributed by atoms with van der Waals surface area (Å²) >= 11 is 0. The molecule has 0 bridgehead atoms. The molecule has 0 spiro atoms. The Morgan fingerprint density at radius 3 is 2.39 bits per heavy atom. The minimum Gasteiger partial charge on any atom is -0.496 e. The number of amides is 2. The van der Waals surface area contributed by atoms with Gasteiger partial charge in [0.25, 0.3) is 11.8 Å². The minimum atomic E-state index is -0.542.